The van der Waals surface area contributed by atoms with Gasteiger partial charge in [0.05, 0.1) is 10.6 Å². The highest BCUT2D eigenvalue weighted by molar-refractivity contribution is 6.33. The van der Waals surface area contributed by atoms with Crippen LogP contribution in [0, 0.1) is 0 Å². The van der Waals surface area contributed by atoms with Crippen molar-refractivity contribution in [2.24, 2.45) is 0 Å². The van der Waals surface area contributed by atoms with Gasteiger partial charge in [-0.3, -0.25) is 0 Å². The summed E-state index contributed by atoms with van der Waals surface area (Å²) >= 11 is 5.66. The van der Waals surface area contributed by atoms with Gasteiger partial charge in [0, 0.05) is 7.11 Å². The van der Waals surface area contributed by atoms with Crippen LogP contribution >= 0.6 is 11.6 Å². The van der Waals surface area contributed by atoms with E-state index in [-0.39, 0.29) is 17.4 Å². The van der Waals surface area contributed by atoms with Crippen molar-refractivity contribution in [3.05, 3.63) is 28.8 Å². The molecule has 1 aromatic carbocycles. The Morgan fingerprint density at radius 1 is 1.57 bits per heavy atom. The first kappa shape index (κ1) is 10.8. The number of methoxy groups -OCH3 is 1. The van der Waals surface area contributed by atoms with Gasteiger partial charge < -0.3 is 14.6 Å². The number of rotatable bonds is 4. The van der Waals surface area contributed by atoms with Crippen molar-refractivity contribution in [1.82, 2.24) is 0 Å². The summed E-state index contributed by atoms with van der Waals surface area (Å²) < 4.78 is 9.73. The van der Waals surface area contributed by atoms with Crippen LogP contribution in [0.5, 0.6) is 5.75 Å². The highest BCUT2D eigenvalue weighted by Gasteiger charge is 2.09. The Morgan fingerprint density at radius 2 is 2.29 bits per heavy atom. The topological polar surface area (TPSA) is 55.8 Å². The molecule has 76 valence electrons. The molecule has 5 heteroatoms. The lowest BCUT2D eigenvalue weighted by atomic mass is 10.2. The van der Waals surface area contributed by atoms with E-state index in [9.17, 15) is 4.79 Å². The van der Waals surface area contributed by atoms with Crippen LogP contribution in [-0.2, 0) is 4.74 Å². The first-order valence-corrected chi connectivity index (χ1v) is 4.17. The molecule has 1 aromatic rings. The van der Waals surface area contributed by atoms with E-state index in [1.165, 1.54) is 19.2 Å². The molecule has 0 spiro atoms. The second-order valence-corrected chi connectivity index (χ2v) is 2.90. The third-order valence-electron chi connectivity index (χ3n) is 1.51. The van der Waals surface area contributed by atoms with Crippen LogP contribution in [0.15, 0.2) is 18.2 Å². The summed E-state index contributed by atoms with van der Waals surface area (Å²) in [6.07, 6.45) is 0. The molecular formula is C9H9ClO4. The monoisotopic (exact) mass is 216 g/mol. The van der Waals surface area contributed by atoms with Crippen molar-refractivity contribution in [1.29, 1.82) is 0 Å². The number of ether oxygens (including phenoxy) is 2. The molecular weight excluding hydrogens is 208 g/mol. The molecule has 0 aromatic heterocycles. The maximum Gasteiger partial charge on any atom is 0.337 e. The van der Waals surface area contributed by atoms with E-state index in [0.29, 0.717) is 5.75 Å². The Hall–Kier alpha value is -1.26. The minimum atomic E-state index is -1.09. The van der Waals surface area contributed by atoms with Crippen LogP contribution in [0.2, 0.25) is 5.02 Å². The van der Waals surface area contributed by atoms with Crippen LogP contribution in [-0.4, -0.2) is 25.0 Å². The third kappa shape index (κ3) is 2.61. The molecule has 0 aliphatic rings. The average Bonchev–Trinajstić information content (AvgIpc) is 2.16. The summed E-state index contributed by atoms with van der Waals surface area (Å²) in [5.41, 5.74) is 0.0141. The molecule has 0 radical (unpaired) electrons. The fraction of sp³-hybridized carbons (Fsp3) is 0.222. The fourth-order valence-corrected chi connectivity index (χ4v) is 1.08. The Kier molecular flexibility index (Phi) is 3.73. The lowest BCUT2D eigenvalue weighted by molar-refractivity contribution is 0.0507. The van der Waals surface area contributed by atoms with Crippen molar-refractivity contribution in [2.75, 3.05) is 13.9 Å². The van der Waals surface area contributed by atoms with Gasteiger partial charge in [0.15, 0.2) is 6.79 Å². The number of hydrogen-bond donors (Lipinski definition) is 1. The van der Waals surface area contributed by atoms with Gasteiger partial charge in [-0.1, -0.05) is 11.6 Å². The molecule has 0 bridgehead atoms. The number of aromatic carboxylic acids is 1. The van der Waals surface area contributed by atoms with Gasteiger partial charge in [-0.15, -0.1) is 0 Å². The molecule has 14 heavy (non-hydrogen) atoms. The zero-order valence-corrected chi connectivity index (χ0v) is 8.25. The summed E-state index contributed by atoms with van der Waals surface area (Å²) in [5, 5.41) is 8.93. The normalized spacial score (nSPS) is 9.86. The van der Waals surface area contributed by atoms with Crippen LogP contribution < -0.4 is 4.74 Å². The first-order valence-electron chi connectivity index (χ1n) is 3.79. The number of halogens is 1. The van der Waals surface area contributed by atoms with Crippen molar-refractivity contribution in [3.63, 3.8) is 0 Å². The largest absolute Gasteiger partial charge is 0.478 e. The number of carboxylic acids is 1. The summed E-state index contributed by atoms with van der Waals surface area (Å²) in [6, 6.07) is 4.40. The Labute approximate surface area is 86.0 Å². The summed E-state index contributed by atoms with van der Waals surface area (Å²) in [7, 11) is 1.48. The van der Waals surface area contributed by atoms with Gasteiger partial charge in [-0.25, -0.2) is 4.79 Å². The predicted octanol–water partition coefficient (Wildman–Crippen LogP) is 2.02. The van der Waals surface area contributed by atoms with E-state index in [1.807, 2.05) is 0 Å². The van der Waals surface area contributed by atoms with E-state index >= 15 is 0 Å². The van der Waals surface area contributed by atoms with Crippen molar-refractivity contribution in [3.8, 4) is 5.75 Å². The van der Waals surface area contributed by atoms with Gasteiger partial charge in [0.2, 0.25) is 0 Å². The second-order valence-electron chi connectivity index (χ2n) is 2.50. The minimum Gasteiger partial charge on any atom is -0.478 e. The standard InChI is InChI=1S/C9H9ClO4/c1-13-5-14-6-2-3-8(10)7(4-6)9(11)12/h2-4H,5H2,1H3,(H,11,12). The van der Waals surface area contributed by atoms with E-state index in [2.05, 4.69) is 4.74 Å². The number of benzene rings is 1. The molecule has 0 fully saturated rings. The molecule has 0 aliphatic carbocycles. The van der Waals surface area contributed by atoms with Crippen molar-refractivity contribution >= 4 is 17.6 Å². The molecule has 0 unspecified atom stereocenters. The zero-order valence-electron chi connectivity index (χ0n) is 7.49. The quantitative estimate of drug-likeness (QED) is 0.783. The van der Waals surface area contributed by atoms with Crippen LogP contribution in [0.1, 0.15) is 10.4 Å². The minimum absolute atomic E-state index is 0.0141. The fourth-order valence-electron chi connectivity index (χ4n) is 0.885. The van der Waals surface area contributed by atoms with Gasteiger partial charge >= 0.3 is 5.97 Å². The molecule has 0 aliphatic heterocycles. The molecule has 0 saturated heterocycles. The molecule has 1 rings (SSSR count). The molecule has 0 saturated carbocycles. The van der Waals surface area contributed by atoms with Gasteiger partial charge in [-0.05, 0) is 18.2 Å². The lowest BCUT2D eigenvalue weighted by Gasteiger charge is -2.05. The van der Waals surface area contributed by atoms with Gasteiger partial charge in [0.25, 0.3) is 0 Å². The molecule has 0 atom stereocenters. The van der Waals surface area contributed by atoms with E-state index in [4.69, 9.17) is 21.4 Å². The Morgan fingerprint density at radius 3 is 2.86 bits per heavy atom. The maximum absolute atomic E-state index is 10.7. The highest BCUT2D eigenvalue weighted by atomic mass is 35.5. The van der Waals surface area contributed by atoms with E-state index in [1.54, 1.807) is 6.07 Å². The zero-order chi connectivity index (χ0) is 10.6. The molecule has 0 amide bonds. The number of carboxylic acid groups (broad SMARTS) is 1. The predicted molar refractivity (Wildman–Crippen MR) is 50.9 cm³/mol. The number of hydrogen-bond acceptors (Lipinski definition) is 3. The smallest absolute Gasteiger partial charge is 0.337 e. The van der Waals surface area contributed by atoms with Crippen molar-refractivity contribution < 1.29 is 19.4 Å². The third-order valence-corrected chi connectivity index (χ3v) is 1.84. The van der Waals surface area contributed by atoms with E-state index < -0.39 is 5.97 Å². The maximum atomic E-state index is 10.7. The SMILES string of the molecule is COCOc1ccc(Cl)c(C(=O)O)c1. The Balaban J connectivity index is 2.89. The van der Waals surface area contributed by atoms with E-state index in [0.717, 1.165) is 0 Å². The molecule has 1 N–H and O–H groups in total. The molecule has 4 nitrogen and oxygen atoms in total. The van der Waals surface area contributed by atoms with Crippen LogP contribution in [0.3, 0.4) is 0 Å². The average molecular weight is 217 g/mol. The second kappa shape index (κ2) is 4.83. The van der Waals surface area contributed by atoms with Gasteiger partial charge in [0.1, 0.15) is 5.75 Å². The number of carbonyl (C=O) groups is 1. The van der Waals surface area contributed by atoms with Crippen LogP contribution in [0.25, 0.3) is 0 Å². The van der Waals surface area contributed by atoms with Crippen molar-refractivity contribution in [2.45, 2.75) is 0 Å². The molecule has 0 heterocycles. The highest BCUT2D eigenvalue weighted by Crippen LogP contribution is 2.21. The van der Waals surface area contributed by atoms with Crippen LogP contribution in [0.4, 0.5) is 0 Å². The first-order chi connectivity index (χ1) is 6.65. The Bertz CT molecular complexity index is 338. The van der Waals surface area contributed by atoms with Gasteiger partial charge in [-0.2, -0.15) is 0 Å². The summed E-state index contributed by atoms with van der Waals surface area (Å²) in [5.74, 6) is -0.675. The lowest BCUT2D eigenvalue weighted by Crippen LogP contribution is -2.02. The summed E-state index contributed by atoms with van der Waals surface area (Å²) in [6.45, 7) is 0.0701. The summed E-state index contributed by atoms with van der Waals surface area (Å²) in [4.78, 5) is 10.7.